The van der Waals surface area contributed by atoms with Gasteiger partial charge in [-0.1, -0.05) is 0 Å². The van der Waals surface area contributed by atoms with Crippen LogP contribution in [0.5, 0.6) is 0 Å². The van der Waals surface area contributed by atoms with Gasteiger partial charge in [0, 0.05) is 24.8 Å². The fourth-order valence-corrected chi connectivity index (χ4v) is 1.60. The highest BCUT2D eigenvalue weighted by Crippen LogP contribution is 2.19. The number of hydrogen-bond acceptors (Lipinski definition) is 4. The Hall–Kier alpha value is -2.67. The maximum absolute atomic E-state index is 13.2. The SMILES string of the molecule is N#CCCN(CCC#N)C(=O)c1cc(F)c(F)cc1N. The summed E-state index contributed by atoms with van der Waals surface area (Å²) in [6.07, 6.45) is 0.140. The van der Waals surface area contributed by atoms with Crippen molar-refractivity contribution in [2.24, 2.45) is 0 Å². The molecule has 0 aliphatic carbocycles. The smallest absolute Gasteiger partial charge is 0.256 e. The number of nitrogens with zero attached hydrogens (tertiary/aromatic N) is 3. The predicted octanol–water partition coefficient (Wildman–Crippen LogP) is 1.82. The third-order valence-electron chi connectivity index (χ3n) is 2.60. The van der Waals surface area contributed by atoms with Crippen molar-refractivity contribution in [1.82, 2.24) is 4.90 Å². The molecule has 0 radical (unpaired) electrons. The van der Waals surface area contributed by atoms with Crippen LogP contribution in [0, 0.1) is 34.3 Å². The van der Waals surface area contributed by atoms with Crippen LogP contribution in [0.2, 0.25) is 0 Å². The summed E-state index contributed by atoms with van der Waals surface area (Å²) >= 11 is 0. The van der Waals surface area contributed by atoms with Crippen molar-refractivity contribution in [3.05, 3.63) is 29.3 Å². The molecule has 5 nitrogen and oxygen atoms in total. The Morgan fingerprint density at radius 1 is 1.15 bits per heavy atom. The highest BCUT2D eigenvalue weighted by atomic mass is 19.2. The third kappa shape index (κ3) is 3.66. The lowest BCUT2D eigenvalue weighted by Crippen LogP contribution is -2.33. The van der Waals surface area contributed by atoms with Crippen molar-refractivity contribution < 1.29 is 13.6 Å². The molecule has 0 aliphatic rings. The first-order chi connectivity index (χ1) is 9.51. The zero-order valence-electron chi connectivity index (χ0n) is 10.6. The van der Waals surface area contributed by atoms with Gasteiger partial charge in [-0.3, -0.25) is 4.79 Å². The van der Waals surface area contributed by atoms with Gasteiger partial charge in [-0.15, -0.1) is 0 Å². The Balaban J connectivity index is 3.02. The molecule has 1 rings (SSSR count). The number of halogens is 2. The summed E-state index contributed by atoms with van der Waals surface area (Å²) in [5.41, 5.74) is 5.13. The standard InChI is InChI=1S/C13H12F2N4O/c14-10-7-9(12(18)8-11(10)15)13(20)19(5-1-3-16)6-2-4-17/h7-8H,1-2,5-6,18H2. The highest BCUT2D eigenvalue weighted by molar-refractivity contribution is 5.99. The molecule has 0 bridgehead atoms. The van der Waals surface area contributed by atoms with Gasteiger partial charge in [-0.25, -0.2) is 8.78 Å². The Morgan fingerprint density at radius 2 is 1.65 bits per heavy atom. The van der Waals surface area contributed by atoms with Crippen molar-refractivity contribution in [3.63, 3.8) is 0 Å². The zero-order valence-corrected chi connectivity index (χ0v) is 10.6. The van der Waals surface area contributed by atoms with E-state index in [0.29, 0.717) is 0 Å². The quantitative estimate of drug-likeness (QED) is 0.831. The van der Waals surface area contributed by atoms with E-state index in [1.54, 1.807) is 0 Å². The minimum absolute atomic E-state index is 0.0702. The van der Waals surface area contributed by atoms with Crippen LogP contribution < -0.4 is 5.73 Å². The van der Waals surface area contributed by atoms with Gasteiger partial charge in [-0.05, 0) is 6.07 Å². The molecule has 1 aromatic rings. The normalized spacial score (nSPS) is 9.60. The molecular formula is C13H12F2N4O. The van der Waals surface area contributed by atoms with Crippen LogP contribution in [0.3, 0.4) is 0 Å². The fraction of sp³-hybridized carbons (Fsp3) is 0.308. The van der Waals surface area contributed by atoms with E-state index >= 15 is 0 Å². The Kier molecular flexibility index (Phi) is 5.42. The molecule has 0 aliphatic heterocycles. The fourth-order valence-electron chi connectivity index (χ4n) is 1.60. The van der Waals surface area contributed by atoms with Crippen LogP contribution in [-0.4, -0.2) is 23.9 Å². The number of nitriles is 2. The van der Waals surface area contributed by atoms with Crippen molar-refractivity contribution in [2.75, 3.05) is 18.8 Å². The molecule has 0 heterocycles. The number of benzene rings is 1. The van der Waals surface area contributed by atoms with E-state index in [1.165, 1.54) is 4.90 Å². The number of carbonyl (C=O) groups excluding carboxylic acids is 1. The molecule has 0 spiro atoms. The van der Waals surface area contributed by atoms with Crippen LogP contribution in [0.25, 0.3) is 0 Å². The zero-order chi connectivity index (χ0) is 15.1. The molecule has 2 N–H and O–H groups in total. The molecule has 0 atom stereocenters. The summed E-state index contributed by atoms with van der Waals surface area (Å²) in [5.74, 6) is -2.95. The van der Waals surface area contributed by atoms with Gasteiger partial charge in [0.25, 0.3) is 5.91 Å². The summed E-state index contributed by atoms with van der Waals surface area (Å²) in [4.78, 5) is 13.4. The average molecular weight is 278 g/mol. The van der Waals surface area contributed by atoms with Crippen LogP contribution in [-0.2, 0) is 0 Å². The van der Waals surface area contributed by atoms with E-state index in [-0.39, 0.29) is 37.2 Å². The van der Waals surface area contributed by atoms with Gasteiger partial charge in [-0.2, -0.15) is 10.5 Å². The maximum atomic E-state index is 13.2. The second-order valence-electron chi connectivity index (χ2n) is 3.96. The van der Waals surface area contributed by atoms with Crippen molar-refractivity contribution >= 4 is 11.6 Å². The summed E-state index contributed by atoms with van der Waals surface area (Å²) in [6.45, 7) is 0.185. The highest BCUT2D eigenvalue weighted by Gasteiger charge is 2.20. The molecule has 0 saturated carbocycles. The first kappa shape index (κ1) is 15.4. The summed E-state index contributed by atoms with van der Waals surface area (Å²) in [6, 6.07) is 5.20. The lowest BCUT2D eigenvalue weighted by Gasteiger charge is -2.21. The summed E-state index contributed by atoms with van der Waals surface area (Å²) in [7, 11) is 0. The molecule has 1 aromatic carbocycles. The third-order valence-corrected chi connectivity index (χ3v) is 2.60. The number of nitrogens with two attached hydrogens (primary N) is 1. The lowest BCUT2D eigenvalue weighted by molar-refractivity contribution is 0.0763. The van der Waals surface area contributed by atoms with Crippen LogP contribution >= 0.6 is 0 Å². The van der Waals surface area contributed by atoms with Crippen LogP contribution in [0.4, 0.5) is 14.5 Å². The van der Waals surface area contributed by atoms with Crippen molar-refractivity contribution in [2.45, 2.75) is 12.8 Å². The number of rotatable bonds is 5. The second-order valence-corrected chi connectivity index (χ2v) is 3.96. The Bertz CT molecular complexity index is 571. The molecule has 7 heteroatoms. The molecule has 0 aromatic heterocycles. The molecule has 0 unspecified atom stereocenters. The largest absolute Gasteiger partial charge is 0.398 e. The number of amides is 1. The number of nitrogen functional groups attached to an aromatic ring is 1. The van der Waals surface area contributed by atoms with Gasteiger partial charge in [0.05, 0.1) is 30.5 Å². The lowest BCUT2D eigenvalue weighted by atomic mass is 10.1. The van der Waals surface area contributed by atoms with Crippen LogP contribution in [0.15, 0.2) is 12.1 Å². The minimum atomic E-state index is -1.18. The first-order valence-electron chi connectivity index (χ1n) is 5.79. The van der Waals surface area contributed by atoms with E-state index in [4.69, 9.17) is 16.3 Å². The van der Waals surface area contributed by atoms with Gasteiger partial charge in [0.15, 0.2) is 11.6 Å². The Morgan fingerprint density at radius 3 is 2.15 bits per heavy atom. The molecule has 0 fully saturated rings. The summed E-state index contributed by atoms with van der Waals surface area (Å²) in [5, 5.41) is 17.1. The van der Waals surface area contributed by atoms with Crippen molar-refractivity contribution in [3.8, 4) is 12.1 Å². The van der Waals surface area contributed by atoms with Crippen LogP contribution in [0.1, 0.15) is 23.2 Å². The number of hydrogen-bond donors (Lipinski definition) is 1. The van der Waals surface area contributed by atoms with Gasteiger partial charge < -0.3 is 10.6 Å². The number of anilines is 1. The maximum Gasteiger partial charge on any atom is 0.256 e. The van der Waals surface area contributed by atoms with E-state index in [9.17, 15) is 13.6 Å². The molecule has 104 valence electrons. The topological polar surface area (TPSA) is 93.9 Å². The average Bonchev–Trinajstić information content (AvgIpc) is 2.42. The first-order valence-corrected chi connectivity index (χ1v) is 5.79. The Labute approximate surface area is 114 Å². The molecule has 0 saturated heterocycles. The second kappa shape index (κ2) is 7.05. The van der Waals surface area contributed by atoms with E-state index in [1.807, 2.05) is 12.1 Å². The van der Waals surface area contributed by atoms with Gasteiger partial charge >= 0.3 is 0 Å². The predicted molar refractivity (Wildman–Crippen MR) is 67.1 cm³/mol. The molecular weight excluding hydrogens is 266 g/mol. The number of carbonyl (C=O) groups is 1. The molecule has 20 heavy (non-hydrogen) atoms. The monoisotopic (exact) mass is 278 g/mol. The minimum Gasteiger partial charge on any atom is -0.398 e. The van der Waals surface area contributed by atoms with Gasteiger partial charge in [0.2, 0.25) is 0 Å². The van der Waals surface area contributed by atoms with E-state index < -0.39 is 17.5 Å². The van der Waals surface area contributed by atoms with E-state index in [0.717, 1.165) is 12.1 Å². The molecule has 1 amide bonds. The van der Waals surface area contributed by atoms with Crippen molar-refractivity contribution in [1.29, 1.82) is 10.5 Å². The van der Waals surface area contributed by atoms with E-state index in [2.05, 4.69) is 0 Å². The summed E-state index contributed by atoms with van der Waals surface area (Å²) < 4.78 is 26.1. The van der Waals surface area contributed by atoms with Gasteiger partial charge in [0.1, 0.15) is 0 Å².